The van der Waals surface area contributed by atoms with Gasteiger partial charge in [-0.15, -0.1) is 11.3 Å². The van der Waals surface area contributed by atoms with E-state index in [2.05, 4.69) is 16.1 Å². The number of nitrogens with one attached hydrogen (secondary N) is 1. The Kier molecular flexibility index (Phi) is 5.59. The van der Waals surface area contributed by atoms with Crippen LogP contribution in [0.5, 0.6) is 0 Å². The topological polar surface area (TPSA) is 55.4 Å². The minimum absolute atomic E-state index is 0.0688. The first-order chi connectivity index (χ1) is 9.70. The van der Waals surface area contributed by atoms with Crippen LogP contribution in [0.3, 0.4) is 0 Å². The summed E-state index contributed by atoms with van der Waals surface area (Å²) in [6, 6.07) is 4.19. The van der Waals surface area contributed by atoms with Crippen LogP contribution in [0.2, 0.25) is 0 Å². The van der Waals surface area contributed by atoms with Gasteiger partial charge in [0.25, 0.3) is 0 Å². The summed E-state index contributed by atoms with van der Waals surface area (Å²) in [7, 11) is 1.34. The predicted octanol–water partition coefficient (Wildman–Crippen LogP) is 3.05. The third kappa shape index (κ3) is 4.07. The average Bonchev–Trinajstić information content (AvgIpc) is 3.14. The molecule has 110 valence electrons. The lowest BCUT2D eigenvalue weighted by atomic mass is 9.96. The van der Waals surface area contributed by atoms with E-state index in [9.17, 15) is 9.59 Å². The molecule has 1 aromatic heterocycles. The summed E-state index contributed by atoms with van der Waals surface area (Å²) in [6.07, 6.45) is 5.15. The van der Waals surface area contributed by atoms with Gasteiger partial charge in [-0.1, -0.05) is 18.9 Å². The summed E-state index contributed by atoms with van der Waals surface area (Å²) >= 11 is 1.68. The molecule has 4 nitrogen and oxygen atoms in total. The number of thiophene rings is 1. The Hall–Kier alpha value is -1.36. The van der Waals surface area contributed by atoms with Gasteiger partial charge in [0.2, 0.25) is 5.91 Å². The predicted molar refractivity (Wildman–Crippen MR) is 78.4 cm³/mol. The van der Waals surface area contributed by atoms with Gasteiger partial charge in [-0.2, -0.15) is 0 Å². The maximum absolute atomic E-state index is 12.0. The highest BCUT2D eigenvalue weighted by molar-refractivity contribution is 7.10. The number of ether oxygens (including phenoxy) is 1. The van der Waals surface area contributed by atoms with Gasteiger partial charge in [-0.25, -0.2) is 0 Å². The van der Waals surface area contributed by atoms with Gasteiger partial charge >= 0.3 is 5.97 Å². The third-order valence-corrected chi connectivity index (χ3v) is 4.78. The molecular formula is C15H21NO3S. The van der Waals surface area contributed by atoms with Crippen molar-refractivity contribution in [3.05, 3.63) is 22.4 Å². The minimum Gasteiger partial charge on any atom is -0.469 e. The van der Waals surface area contributed by atoms with Crippen molar-refractivity contribution in [2.45, 2.75) is 44.6 Å². The van der Waals surface area contributed by atoms with Crippen molar-refractivity contribution >= 4 is 23.2 Å². The van der Waals surface area contributed by atoms with Crippen LogP contribution in [0, 0.1) is 5.92 Å². The van der Waals surface area contributed by atoms with Crippen LogP contribution in [-0.4, -0.2) is 19.0 Å². The zero-order chi connectivity index (χ0) is 14.4. The molecule has 0 aromatic carbocycles. The van der Waals surface area contributed by atoms with Crippen LogP contribution >= 0.6 is 11.3 Å². The van der Waals surface area contributed by atoms with Gasteiger partial charge in [0.1, 0.15) is 0 Å². The first kappa shape index (κ1) is 15.0. The zero-order valence-electron chi connectivity index (χ0n) is 11.8. The van der Waals surface area contributed by atoms with Gasteiger partial charge in [0.15, 0.2) is 0 Å². The van der Waals surface area contributed by atoms with E-state index in [4.69, 9.17) is 0 Å². The maximum Gasteiger partial charge on any atom is 0.306 e. The van der Waals surface area contributed by atoms with E-state index < -0.39 is 0 Å². The van der Waals surface area contributed by atoms with Crippen LogP contribution in [0.25, 0.3) is 0 Å². The largest absolute Gasteiger partial charge is 0.469 e. The molecule has 0 saturated heterocycles. The minimum atomic E-state index is -0.339. The average molecular weight is 295 g/mol. The van der Waals surface area contributed by atoms with Gasteiger partial charge in [0, 0.05) is 11.3 Å². The van der Waals surface area contributed by atoms with Crippen molar-refractivity contribution < 1.29 is 14.3 Å². The zero-order valence-corrected chi connectivity index (χ0v) is 12.6. The van der Waals surface area contributed by atoms with E-state index in [1.54, 1.807) is 11.3 Å². The lowest BCUT2D eigenvalue weighted by molar-refractivity contribution is -0.142. The monoisotopic (exact) mass is 295 g/mol. The quantitative estimate of drug-likeness (QED) is 0.821. The molecule has 5 heteroatoms. The Labute approximate surface area is 123 Å². The van der Waals surface area contributed by atoms with Gasteiger partial charge in [-0.3, -0.25) is 9.59 Å². The molecule has 0 radical (unpaired) electrons. The third-order valence-electron chi connectivity index (χ3n) is 3.82. The maximum atomic E-state index is 12.0. The summed E-state index contributed by atoms with van der Waals surface area (Å²) in [6.45, 7) is 0. The lowest BCUT2D eigenvalue weighted by Gasteiger charge is -2.23. The van der Waals surface area contributed by atoms with Crippen molar-refractivity contribution in [3.63, 3.8) is 0 Å². The highest BCUT2D eigenvalue weighted by Crippen LogP contribution is 2.37. The molecule has 1 aromatic rings. The number of hydrogen-bond acceptors (Lipinski definition) is 4. The Morgan fingerprint density at radius 2 is 2.15 bits per heavy atom. The fourth-order valence-corrected chi connectivity index (χ4v) is 3.61. The van der Waals surface area contributed by atoms with Crippen molar-refractivity contribution in [1.29, 1.82) is 0 Å². The number of carbonyl (C=O) groups is 2. The summed E-state index contributed by atoms with van der Waals surface area (Å²) in [4.78, 5) is 24.3. The van der Waals surface area contributed by atoms with Gasteiger partial charge < -0.3 is 10.1 Å². The highest BCUT2D eigenvalue weighted by Gasteiger charge is 2.28. The Morgan fingerprint density at radius 3 is 2.75 bits per heavy atom. The second-order valence-electron chi connectivity index (χ2n) is 5.18. The molecule has 1 N–H and O–H groups in total. The fraction of sp³-hybridized carbons (Fsp3) is 0.600. The van der Waals surface area contributed by atoms with E-state index in [-0.39, 0.29) is 30.8 Å². The molecule has 1 aliphatic rings. The number of amides is 1. The highest BCUT2D eigenvalue weighted by atomic mass is 32.1. The Bertz CT molecular complexity index is 438. The normalized spacial score (nSPS) is 16.9. The summed E-state index contributed by atoms with van der Waals surface area (Å²) < 4.78 is 4.56. The summed E-state index contributed by atoms with van der Waals surface area (Å²) in [5.41, 5.74) is 0. The van der Waals surface area contributed by atoms with Crippen LogP contribution in [-0.2, 0) is 14.3 Å². The molecule has 1 fully saturated rings. The second-order valence-corrected chi connectivity index (χ2v) is 6.16. The van der Waals surface area contributed by atoms with Crippen LogP contribution in [0.15, 0.2) is 17.5 Å². The van der Waals surface area contributed by atoms with Crippen LogP contribution < -0.4 is 5.32 Å². The number of methoxy groups -OCH3 is 1. The Balaban J connectivity index is 1.93. The van der Waals surface area contributed by atoms with Crippen LogP contribution in [0.4, 0.5) is 0 Å². The number of esters is 1. The first-order valence-electron chi connectivity index (χ1n) is 7.10. The molecule has 1 amide bonds. The standard InChI is InChI=1S/C15H21NO3S/c1-19-14(18)9-8-13(17)16-15(11-5-2-3-6-11)12-7-4-10-20-12/h4,7,10-11,15H,2-3,5-6,8-9H2,1H3,(H,16,17)/t15-/m0/s1. The number of carbonyl (C=O) groups excluding carboxylic acids is 2. The van der Waals surface area contributed by atoms with E-state index >= 15 is 0 Å². The van der Waals surface area contributed by atoms with Crippen LogP contribution in [0.1, 0.15) is 49.4 Å². The van der Waals surface area contributed by atoms with E-state index in [0.29, 0.717) is 5.92 Å². The molecule has 2 rings (SSSR count). The molecular weight excluding hydrogens is 274 g/mol. The van der Waals surface area contributed by atoms with Gasteiger partial charge in [0.05, 0.1) is 19.6 Å². The molecule has 0 spiro atoms. The second kappa shape index (κ2) is 7.43. The lowest BCUT2D eigenvalue weighted by Crippen LogP contribution is -2.32. The molecule has 1 aliphatic carbocycles. The summed E-state index contributed by atoms with van der Waals surface area (Å²) in [5.74, 6) is 0.116. The van der Waals surface area contributed by atoms with Crippen molar-refractivity contribution in [1.82, 2.24) is 5.32 Å². The van der Waals surface area contributed by atoms with Crippen molar-refractivity contribution in [2.24, 2.45) is 5.92 Å². The van der Waals surface area contributed by atoms with E-state index in [1.165, 1.54) is 37.7 Å². The molecule has 0 bridgehead atoms. The summed E-state index contributed by atoms with van der Waals surface area (Å²) in [5, 5.41) is 5.14. The van der Waals surface area contributed by atoms with E-state index in [1.807, 2.05) is 11.4 Å². The molecule has 1 heterocycles. The molecule has 20 heavy (non-hydrogen) atoms. The van der Waals surface area contributed by atoms with Gasteiger partial charge in [-0.05, 0) is 30.2 Å². The fourth-order valence-electron chi connectivity index (χ4n) is 2.74. The first-order valence-corrected chi connectivity index (χ1v) is 7.98. The van der Waals surface area contributed by atoms with E-state index in [0.717, 1.165) is 0 Å². The smallest absolute Gasteiger partial charge is 0.306 e. The Morgan fingerprint density at radius 1 is 1.40 bits per heavy atom. The number of rotatable bonds is 6. The molecule has 1 atom stereocenters. The molecule has 0 unspecified atom stereocenters. The van der Waals surface area contributed by atoms with Crippen molar-refractivity contribution in [2.75, 3.05) is 7.11 Å². The number of hydrogen-bond donors (Lipinski definition) is 1. The molecule has 1 saturated carbocycles. The SMILES string of the molecule is COC(=O)CCC(=O)N[C@H](c1cccs1)C1CCCC1. The van der Waals surface area contributed by atoms with Crippen molar-refractivity contribution in [3.8, 4) is 0 Å². The molecule has 0 aliphatic heterocycles.